The lowest BCUT2D eigenvalue weighted by Gasteiger charge is -2.20. The number of hydrogen-bond acceptors (Lipinski definition) is 8. The molecule has 8 heteroatoms. The molecule has 2 saturated carbocycles. The standard InChI is InChI=1S/C11H15N3O.C5H8N2O.C5H8O/c1-9-6-13-10(15-9)7-14-11(8-12)4-2-3-5-11;1-4-3-7-5(2-6)8-4;6-5-3-1-2-4-5/h6,14H,2-5,7H2,1H3;3H,2,6H2,1H3;1-4H2. The first-order valence-corrected chi connectivity index (χ1v) is 10.2. The van der Waals surface area contributed by atoms with E-state index in [1.54, 1.807) is 12.4 Å². The van der Waals surface area contributed by atoms with Crippen molar-refractivity contribution in [1.82, 2.24) is 15.3 Å². The molecular formula is C21H31N5O3. The monoisotopic (exact) mass is 401 g/mol. The van der Waals surface area contributed by atoms with Gasteiger partial charge < -0.3 is 14.6 Å². The summed E-state index contributed by atoms with van der Waals surface area (Å²) < 4.78 is 10.3. The fourth-order valence-corrected chi connectivity index (χ4v) is 3.30. The van der Waals surface area contributed by atoms with Crippen molar-refractivity contribution < 1.29 is 13.6 Å². The molecular weight excluding hydrogens is 370 g/mol. The molecule has 0 amide bonds. The number of oxazole rings is 2. The van der Waals surface area contributed by atoms with Crippen molar-refractivity contribution >= 4 is 5.78 Å². The van der Waals surface area contributed by atoms with E-state index in [0.717, 1.165) is 62.9 Å². The van der Waals surface area contributed by atoms with Crippen molar-refractivity contribution in [2.24, 2.45) is 5.73 Å². The Hall–Kier alpha value is -2.50. The molecule has 29 heavy (non-hydrogen) atoms. The molecule has 2 aromatic heterocycles. The zero-order valence-electron chi connectivity index (χ0n) is 17.4. The molecule has 158 valence electrons. The molecule has 0 bridgehead atoms. The molecule has 8 nitrogen and oxygen atoms in total. The van der Waals surface area contributed by atoms with Gasteiger partial charge in [0.15, 0.2) is 0 Å². The van der Waals surface area contributed by atoms with E-state index >= 15 is 0 Å². The van der Waals surface area contributed by atoms with Crippen LogP contribution < -0.4 is 11.1 Å². The largest absolute Gasteiger partial charge is 0.445 e. The van der Waals surface area contributed by atoms with Gasteiger partial charge in [0.1, 0.15) is 22.8 Å². The maximum Gasteiger partial charge on any atom is 0.208 e. The Morgan fingerprint density at radius 1 is 1.07 bits per heavy atom. The second kappa shape index (κ2) is 11.5. The van der Waals surface area contributed by atoms with Crippen LogP contribution in [0.15, 0.2) is 21.2 Å². The molecule has 2 aliphatic carbocycles. The number of rotatable bonds is 4. The van der Waals surface area contributed by atoms with Crippen molar-refractivity contribution in [2.45, 2.75) is 83.8 Å². The minimum absolute atomic E-state index is 0.345. The second-order valence-electron chi connectivity index (χ2n) is 7.43. The Labute approximate surface area is 171 Å². The summed E-state index contributed by atoms with van der Waals surface area (Å²) >= 11 is 0. The summed E-state index contributed by atoms with van der Waals surface area (Å²) in [5.41, 5.74) is 4.86. The number of nitrogens with two attached hydrogens (primary N) is 1. The highest BCUT2D eigenvalue weighted by Gasteiger charge is 2.33. The highest BCUT2D eigenvalue weighted by Crippen LogP contribution is 2.29. The van der Waals surface area contributed by atoms with Crippen LogP contribution in [0.2, 0.25) is 0 Å². The number of carbonyl (C=O) groups is 1. The summed E-state index contributed by atoms with van der Waals surface area (Å²) in [6, 6.07) is 2.37. The van der Waals surface area contributed by atoms with Gasteiger partial charge in [-0.2, -0.15) is 5.26 Å². The van der Waals surface area contributed by atoms with Crippen LogP contribution in [0, 0.1) is 25.2 Å². The summed E-state index contributed by atoms with van der Waals surface area (Å²) in [6.07, 6.45) is 11.5. The molecule has 0 aromatic carbocycles. The van der Waals surface area contributed by atoms with Gasteiger partial charge in [-0.15, -0.1) is 0 Å². The van der Waals surface area contributed by atoms with Gasteiger partial charge in [-0.3, -0.25) is 10.1 Å². The van der Waals surface area contributed by atoms with Crippen LogP contribution in [-0.4, -0.2) is 21.3 Å². The summed E-state index contributed by atoms with van der Waals surface area (Å²) in [5, 5.41) is 12.4. The van der Waals surface area contributed by atoms with Crippen LogP contribution in [0.25, 0.3) is 0 Å². The molecule has 3 N–H and O–H groups in total. The van der Waals surface area contributed by atoms with Crippen LogP contribution in [0.1, 0.15) is 74.7 Å². The fraction of sp³-hybridized carbons (Fsp3) is 0.619. The van der Waals surface area contributed by atoms with Crippen molar-refractivity contribution in [3.05, 3.63) is 35.7 Å². The van der Waals surface area contributed by atoms with Gasteiger partial charge >= 0.3 is 0 Å². The fourth-order valence-electron chi connectivity index (χ4n) is 3.30. The summed E-state index contributed by atoms with van der Waals surface area (Å²) in [5.74, 6) is 3.33. The molecule has 0 aliphatic heterocycles. The van der Waals surface area contributed by atoms with Crippen LogP contribution in [0.3, 0.4) is 0 Å². The van der Waals surface area contributed by atoms with Gasteiger partial charge in [0, 0.05) is 12.8 Å². The van der Waals surface area contributed by atoms with Crippen molar-refractivity contribution in [3.8, 4) is 6.07 Å². The number of aryl methyl sites for hydroxylation is 2. The lowest BCUT2D eigenvalue weighted by molar-refractivity contribution is -0.117. The zero-order valence-corrected chi connectivity index (χ0v) is 17.4. The Morgan fingerprint density at radius 3 is 1.97 bits per heavy atom. The first-order chi connectivity index (χ1) is 14.0. The number of aromatic nitrogens is 2. The van der Waals surface area contributed by atoms with Gasteiger partial charge in [0.05, 0.1) is 31.6 Å². The molecule has 0 atom stereocenters. The quantitative estimate of drug-likeness (QED) is 0.796. The van der Waals surface area contributed by atoms with Crippen molar-refractivity contribution in [3.63, 3.8) is 0 Å². The van der Waals surface area contributed by atoms with Crippen LogP contribution in [0.4, 0.5) is 0 Å². The van der Waals surface area contributed by atoms with Gasteiger partial charge in [0.2, 0.25) is 11.8 Å². The third-order valence-electron chi connectivity index (χ3n) is 4.92. The first-order valence-electron chi connectivity index (χ1n) is 10.2. The molecule has 2 aromatic rings. The maximum absolute atomic E-state index is 10.2. The molecule has 4 rings (SSSR count). The van der Waals surface area contributed by atoms with Gasteiger partial charge in [-0.25, -0.2) is 9.97 Å². The molecule has 0 radical (unpaired) electrons. The predicted molar refractivity (Wildman–Crippen MR) is 107 cm³/mol. The number of nitrogens with zero attached hydrogens (tertiary/aromatic N) is 3. The maximum atomic E-state index is 10.2. The van der Waals surface area contributed by atoms with E-state index in [1.165, 1.54) is 0 Å². The smallest absolute Gasteiger partial charge is 0.208 e. The van der Waals surface area contributed by atoms with E-state index in [9.17, 15) is 4.79 Å². The third kappa shape index (κ3) is 7.80. The van der Waals surface area contributed by atoms with Crippen molar-refractivity contribution in [1.29, 1.82) is 5.26 Å². The Balaban J connectivity index is 0.000000178. The number of carbonyl (C=O) groups excluding carboxylic acids is 1. The van der Waals surface area contributed by atoms with E-state index in [0.29, 0.717) is 30.7 Å². The number of nitriles is 1. The highest BCUT2D eigenvalue weighted by atomic mass is 16.4. The molecule has 0 unspecified atom stereocenters. The van der Waals surface area contributed by atoms with E-state index < -0.39 is 0 Å². The third-order valence-corrected chi connectivity index (χ3v) is 4.92. The molecule has 0 saturated heterocycles. The Bertz CT molecular complexity index is 791. The Kier molecular flexibility index (Phi) is 9.03. The average molecular weight is 402 g/mol. The minimum Gasteiger partial charge on any atom is -0.445 e. The SMILES string of the molecule is Cc1cnc(CN)o1.Cc1cnc(CNC2(C#N)CCCC2)o1.O=C1CCCC1. The van der Waals surface area contributed by atoms with Crippen LogP contribution in [0.5, 0.6) is 0 Å². The van der Waals surface area contributed by atoms with Gasteiger partial charge in [-0.1, -0.05) is 12.8 Å². The number of hydrogen-bond donors (Lipinski definition) is 2. The average Bonchev–Trinajstić information content (AvgIpc) is 3.50. The number of Topliss-reactive ketones (excluding diaryl/α,β-unsaturated/α-hetero) is 1. The van der Waals surface area contributed by atoms with Crippen molar-refractivity contribution in [2.75, 3.05) is 0 Å². The van der Waals surface area contributed by atoms with E-state index in [2.05, 4.69) is 21.4 Å². The summed E-state index contributed by atoms with van der Waals surface area (Å²) in [7, 11) is 0. The lowest BCUT2D eigenvalue weighted by Crippen LogP contribution is -2.40. The van der Waals surface area contributed by atoms with Gasteiger partial charge in [-0.05, 0) is 39.5 Å². The highest BCUT2D eigenvalue weighted by molar-refractivity contribution is 5.80. The molecule has 2 heterocycles. The first kappa shape index (κ1) is 22.8. The predicted octanol–water partition coefficient (Wildman–Crippen LogP) is 3.48. The lowest BCUT2D eigenvalue weighted by atomic mass is 10.0. The topological polar surface area (TPSA) is 131 Å². The molecule has 0 spiro atoms. The summed E-state index contributed by atoms with van der Waals surface area (Å²) in [6.45, 7) is 4.63. The molecule has 2 fully saturated rings. The summed E-state index contributed by atoms with van der Waals surface area (Å²) in [4.78, 5) is 18.2. The van der Waals surface area contributed by atoms with Crippen LogP contribution in [-0.2, 0) is 17.9 Å². The normalized spacial score (nSPS) is 17.1. The second-order valence-corrected chi connectivity index (χ2v) is 7.43. The zero-order chi connectivity index (χ0) is 21.1. The van der Waals surface area contributed by atoms with Crippen LogP contribution >= 0.6 is 0 Å². The van der Waals surface area contributed by atoms with E-state index in [4.69, 9.17) is 19.8 Å². The Morgan fingerprint density at radius 2 is 1.62 bits per heavy atom. The number of ketones is 1. The van der Waals surface area contributed by atoms with E-state index in [-0.39, 0.29) is 5.54 Å². The van der Waals surface area contributed by atoms with E-state index in [1.807, 2.05) is 13.8 Å². The number of nitrogens with one attached hydrogen (secondary N) is 1. The molecule has 2 aliphatic rings. The minimum atomic E-state index is -0.345. The van der Waals surface area contributed by atoms with Gasteiger partial charge in [0.25, 0.3) is 0 Å².